The Morgan fingerprint density at radius 1 is 1.16 bits per heavy atom. The number of nitrogens with one attached hydrogen (secondary N) is 1. The minimum atomic E-state index is -0.487. The summed E-state index contributed by atoms with van der Waals surface area (Å²) in [6, 6.07) is 5.19. The van der Waals surface area contributed by atoms with Crippen molar-refractivity contribution < 1.29 is 9.50 Å². The Balaban J connectivity index is 1.49. The van der Waals surface area contributed by atoms with Crippen LogP contribution in [0.1, 0.15) is 55.7 Å². The molecule has 1 atom stereocenters. The van der Waals surface area contributed by atoms with Crippen molar-refractivity contribution in [1.82, 2.24) is 19.7 Å². The van der Waals surface area contributed by atoms with Crippen LogP contribution in [-0.2, 0) is 0 Å². The highest BCUT2D eigenvalue weighted by atomic mass is 35.5. The number of aromatic amines is 1. The third-order valence-electron chi connectivity index (χ3n) is 6.52. The van der Waals surface area contributed by atoms with Crippen LogP contribution in [0, 0.1) is 5.82 Å². The Bertz CT molecular complexity index is 1280. The summed E-state index contributed by atoms with van der Waals surface area (Å²) in [7, 11) is 0. The first-order chi connectivity index (χ1) is 15.4. The van der Waals surface area contributed by atoms with Crippen molar-refractivity contribution in [2.45, 2.75) is 50.7 Å². The Labute approximate surface area is 195 Å². The molecule has 0 unspecified atom stereocenters. The van der Waals surface area contributed by atoms with Gasteiger partial charge in [-0.1, -0.05) is 30.1 Å². The van der Waals surface area contributed by atoms with E-state index in [1.165, 1.54) is 12.1 Å². The predicted molar refractivity (Wildman–Crippen MR) is 125 cm³/mol. The van der Waals surface area contributed by atoms with E-state index in [0.29, 0.717) is 16.6 Å². The van der Waals surface area contributed by atoms with Gasteiger partial charge in [-0.3, -0.25) is 4.68 Å². The highest BCUT2D eigenvalue weighted by Gasteiger charge is 2.23. The quantitative estimate of drug-likeness (QED) is 0.333. The molecule has 4 aromatic rings. The minimum Gasteiger partial charge on any atom is -0.393 e. The van der Waals surface area contributed by atoms with Gasteiger partial charge >= 0.3 is 0 Å². The van der Waals surface area contributed by atoms with Gasteiger partial charge in [0.2, 0.25) is 0 Å². The van der Waals surface area contributed by atoms with E-state index in [4.69, 9.17) is 23.2 Å². The fourth-order valence-electron chi connectivity index (χ4n) is 4.64. The SMILES string of the molecule is C[C@H](c1c(Cl)ccc(F)c1Cl)c1c[nH]c2ncc(-c3cnn([C@H]4CC[C@H](O)CC4)c3)cc12. The van der Waals surface area contributed by atoms with Gasteiger partial charge in [0.1, 0.15) is 11.5 Å². The van der Waals surface area contributed by atoms with Crippen LogP contribution in [0.5, 0.6) is 0 Å². The van der Waals surface area contributed by atoms with Crippen LogP contribution in [0.3, 0.4) is 0 Å². The molecular weight excluding hydrogens is 450 g/mol. The lowest BCUT2D eigenvalue weighted by molar-refractivity contribution is 0.108. The third kappa shape index (κ3) is 3.81. The molecule has 1 fully saturated rings. The summed E-state index contributed by atoms with van der Waals surface area (Å²) in [4.78, 5) is 7.78. The summed E-state index contributed by atoms with van der Waals surface area (Å²) in [6.45, 7) is 1.96. The average Bonchev–Trinajstić information content (AvgIpc) is 3.44. The molecule has 32 heavy (non-hydrogen) atoms. The van der Waals surface area contributed by atoms with Gasteiger partial charge < -0.3 is 10.1 Å². The van der Waals surface area contributed by atoms with Crippen LogP contribution in [0.15, 0.2) is 43.0 Å². The topological polar surface area (TPSA) is 66.7 Å². The normalized spacial score (nSPS) is 20.0. The van der Waals surface area contributed by atoms with Crippen molar-refractivity contribution >= 4 is 34.2 Å². The molecule has 0 bridgehead atoms. The highest BCUT2D eigenvalue weighted by Crippen LogP contribution is 2.39. The number of aliphatic hydroxyl groups excluding tert-OH is 1. The molecule has 0 saturated heterocycles. The molecule has 5 rings (SSSR count). The van der Waals surface area contributed by atoms with Crippen LogP contribution < -0.4 is 0 Å². The summed E-state index contributed by atoms with van der Waals surface area (Å²) < 4.78 is 16.1. The van der Waals surface area contributed by atoms with Gasteiger partial charge in [0.05, 0.1) is 23.4 Å². The summed E-state index contributed by atoms with van der Waals surface area (Å²) in [5.41, 5.74) is 4.17. The second-order valence-electron chi connectivity index (χ2n) is 8.51. The van der Waals surface area contributed by atoms with E-state index >= 15 is 0 Å². The molecule has 3 aromatic heterocycles. The van der Waals surface area contributed by atoms with E-state index < -0.39 is 5.82 Å². The fraction of sp³-hybridized carbons (Fsp3) is 0.333. The molecule has 0 aliphatic heterocycles. The van der Waals surface area contributed by atoms with E-state index in [1.54, 1.807) is 0 Å². The molecule has 0 spiro atoms. The smallest absolute Gasteiger partial charge is 0.142 e. The zero-order valence-corrected chi connectivity index (χ0v) is 19.0. The zero-order valence-electron chi connectivity index (χ0n) is 17.5. The van der Waals surface area contributed by atoms with E-state index in [2.05, 4.69) is 21.1 Å². The maximum Gasteiger partial charge on any atom is 0.142 e. The number of benzene rings is 1. The molecule has 3 heterocycles. The van der Waals surface area contributed by atoms with Crippen molar-refractivity contribution in [3.63, 3.8) is 0 Å². The van der Waals surface area contributed by atoms with E-state index in [-0.39, 0.29) is 17.0 Å². The highest BCUT2D eigenvalue weighted by molar-refractivity contribution is 6.36. The number of halogens is 3. The van der Waals surface area contributed by atoms with Crippen LogP contribution in [0.25, 0.3) is 22.2 Å². The molecule has 1 aliphatic rings. The maximum absolute atomic E-state index is 14.1. The number of nitrogens with zero attached hydrogens (tertiary/aromatic N) is 3. The number of hydrogen-bond acceptors (Lipinski definition) is 3. The molecule has 1 saturated carbocycles. The van der Waals surface area contributed by atoms with Crippen molar-refractivity contribution in [3.05, 3.63) is 70.0 Å². The molecule has 1 aliphatic carbocycles. The molecular formula is C24H23Cl2FN4O. The Morgan fingerprint density at radius 2 is 1.94 bits per heavy atom. The summed E-state index contributed by atoms with van der Waals surface area (Å²) in [5, 5.41) is 15.7. The lowest BCUT2D eigenvalue weighted by atomic mass is 9.92. The monoisotopic (exact) mass is 472 g/mol. The minimum absolute atomic E-state index is 0.0438. The number of hydrogen-bond donors (Lipinski definition) is 2. The molecule has 2 N–H and O–H groups in total. The first-order valence-electron chi connectivity index (χ1n) is 10.8. The number of H-pyrrole nitrogens is 1. The number of rotatable bonds is 4. The van der Waals surface area contributed by atoms with Gasteiger partial charge in [0, 0.05) is 46.0 Å². The van der Waals surface area contributed by atoms with Crippen molar-refractivity contribution in [2.24, 2.45) is 0 Å². The third-order valence-corrected chi connectivity index (χ3v) is 7.23. The first kappa shape index (κ1) is 21.4. The van der Waals surface area contributed by atoms with Gasteiger partial charge in [-0.2, -0.15) is 5.10 Å². The Hall–Kier alpha value is -2.41. The largest absolute Gasteiger partial charge is 0.393 e. The lowest BCUT2D eigenvalue weighted by Crippen LogP contribution is -2.21. The molecule has 5 nitrogen and oxygen atoms in total. The molecule has 8 heteroatoms. The Kier molecular flexibility index (Phi) is 5.70. The predicted octanol–water partition coefficient (Wildman–Crippen LogP) is 6.50. The van der Waals surface area contributed by atoms with Crippen molar-refractivity contribution in [3.8, 4) is 11.1 Å². The van der Waals surface area contributed by atoms with E-state index in [9.17, 15) is 9.50 Å². The van der Waals surface area contributed by atoms with Gasteiger partial charge in [0.25, 0.3) is 0 Å². The summed E-state index contributed by atoms with van der Waals surface area (Å²) in [5.74, 6) is -0.716. The van der Waals surface area contributed by atoms with Crippen LogP contribution >= 0.6 is 23.2 Å². The average molecular weight is 473 g/mol. The standard InChI is InChI=1S/C24H23Cl2FN4O/c1-13(22-20(25)6-7-21(27)23(22)26)19-11-29-24-18(19)8-14(9-28-24)15-10-30-31(12-15)16-2-4-17(32)5-3-16/h6-13,16-17,32H,2-5H2,1H3,(H,28,29)/t13-,16-,17-/m0/s1. The number of aliphatic hydroxyl groups is 1. The zero-order chi connectivity index (χ0) is 22.4. The maximum atomic E-state index is 14.1. The first-order valence-corrected chi connectivity index (χ1v) is 11.5. The van der Waals surface area contributed by atoms with Gasteiger partial charge in [0.15, 0.2) is 0 Å². The van der Waals surface area contributed by atoms with E-state index in [0.717, 1.165) is 53.4 Å². The number of pyridine rings is 1. The van der Waals surface area contributed by atoms with Gasteiger partial charge in [-0.05, 0) is 55.0 Å². The van der Waals surface area contributed by atoms with Gasteiger partial charge in [-0.25, -0.2) is 9.37 Å². The second kappa shape index (κ2) is 8.50. The second-order valence-corrected chi connectivity index (χ2v) is 9.30. The Morgan fingerprint density at radius 3 is 2.72 bits per heavy atom. The van der Waals surface area contributed by atoms with Crippen molar-refractivity contribution in [1.29, 1.82) is 0 Å². The van der Waals surface area contributed by atoms with Gasteiger partial charge in [-0.15, -0.1) is 0 Å². The fourth-order valence-corrected chi connectivity index (χ4v) is 5.34. The molecule has 166 valence electrons. The van der Waals surface area contributed by atoms with Crippen LogP contribution in [0.4, 0.5) is 4.39 Å². The molecule has 0 radical (unpaired) electrons. The lowest BCUT2D eigenvalue weighted by Gasteiger charge is -2.25. The summed E-state index contributed by atoms with van der Waals surface area (Å²) >= 11 is 12.6. The van der Waals surface area contributed by atoms with Crippen molar-refractivity contribution in [2.75, 3.05) is 0 Å². The number of fused-ring (bicyclic) bond motifs is 1. The molecule has 1 aromatic carbocycles. The van der Waals surface area contributed by atoms with E-state index in [1.807, 2.05) is 36.4 Å². The van der Waals surface area contributed by atoms with Crippen LogP contribution in [-0.4, -0.2) is 31.0 Å². The molecule has 0 amide bonds. The van der Waals surface area contributed by atoms with Crippen LogP contribution in [0.2, 0.25) is 10.0 Å². The summed E-state index contributed by atoms with van der Waals surface area (Å²) in [6.07, 6.45) is 10.9. The number of aromatic nitrogens is 4.